The first-order valence-corrected chi connectivity index (χ1v) is 10.8. The Hall–Kier alpha value is -4.41. The number of ether oxygens (including phenoxy) is 3. The van der Waals surface area contributed by atoms with E-state index >= 15 is 0 Å². The fourth-order valence-corrected chi connectivity index (χ4v) is 3.34. The van der Waals surface area contributed by atoms with Gasteiger partial charge in [-0.2, -0.15) is 0 Å². The Balaban J connectivity index is 1.47. The Labute approximate surface area is 201 Å². The van der Waals surface area contributed by atoms with Crippen molar-refractivity contribution in [3.63, 3.8) is 0 Å². The van der Waals surface area contributed by atoms with Crippen molar-refractivity contribution in [1.29, 1.82) is 0 Å². The van der Waals surface area contributed by atoms with E-state index in [0.717, 1.165) is 5.01 Å². The van der Waals surface area contributed by atoms with E-state index < -0.39 is 42.2 Å². The lowest BCUT2D eigenvalue weighted by Gasteiger charge is -2.18. The molecule has 2 aromatic carbocycles. The molecule has 3 rings (SSSR count). The number of para-hydroxylation sites is 1. The van der Waals surface area contributed by atoms with Gasteiger partial charge in [0.2, 0.25) is 5.91 Å². The number of benzene rings is 2. The summed E-state index contributed by atoms with van der Waals surface area (Å²) in [6.45, 7) is 1.30. The minimum atomic E-state index is -0.836. The molecule has 3 amide bonds. The summed E-state index contributed by atoms with van der Waals surface area (Å²) in [4.78, 5) is 60.9. The maximum Gasteiger partial charge on any atom is 0.338 e. The third-order valence-electron chi connectivity index (χ3n) is 5.07. The van der Waals surface area contributed by atoms with Crippen LogP contribution in [0.25, 0.3) is 0 Å². The van der Waals surface area contributed by atoms with Crippen molar-refractivity contribution in [3.8, 4) is 5.75 Å². The van der Waals surface area contributed by atoms with E-state index in [1.807, 2.05) is 0 Å². The number of hydrogen-bond donors (Lipinski definition) is 2. The Morgan fingerprint density at radius 2 is 1.74 bits per heavy atom. The third-order valence-corrected chi connectivity index (χ3v) is 5.07. The zero-order chi connectivity index (χ0) is 25.4. The van der Waals surface area contributed by atoms with E-state index in [4.69, 9.17) is 14.2 Å². The monoisotopic (exact) mass is 483 g/mol. The molecule has 0 bridgehead atoms. The average molecular weight is 483 g/mol. The largest absolute Gasteiger partial charge is 0.496 e. The van der Waals surface area contributed by atoms with Gasteiger partial charge in [-0.3, -0.25) is 29.6 Å². The van der Waals surface area contributed by atoms with Crippen molar-refractivity contribution < 1.29 is 38.2 Å². The van der Waals surface area contributed by atoms with Crippen molar-refractivity contribution in [1.82, 2.24) is 10.4 Å². The van der Waals surface area contributed by atoms with Crippen LogP contribution in [0, 0.1) is 5.92 Å². The fraction of sp³-hybridized carbons (Fsp3) is 0.292. The van der Waals surface area contributed by atoms with Crippen LogP contribution in [0.5, 0.6) is 5.75 Å². The molecule has 2 aromatic rings. The minimum absolute atomic E-state index is 0.0878. The number of esters is 2. The summed E-state index contributed by atoms with van der Waals surface area (Å²) in [7, 11) is 1.42. The summed E-state index contributed by atoms with van der Waals surface area (Å²) < 4.78 is 15.1. The maximum atomic E-state index is 12.5. The zero-order valence-electron chi connectivity index (χ0n) is 19.2. The molecule has 1 atom stereocenters. The van der Waals surface area contributed by atoms with E-state index in [-0.39, 0.29) is 25.1 Å². The van der Waals surface area contributed by atoms with Crippen LogP contribution in [0.3, 0.4) is 0 Å². The van der Waals surface area contributed by atoms with Crippen LogP contribution in [0.15, 0.2) is 48.5 Å². The highest BCUT2D eigenvalue weighted by atomic mass is 16.5. The molecule has 184 valence electrons. The molecule has 1 aliphatic heterocycles. The van der Waals surface area contributed by atoms with Crippen LogP contribution in [0.1, 0.15) is 34.1 Å². The molecule has 11 heteroatoms. The molecule has 0 unspecified atom stereocenters. The molecular formula is C24H25N3O8. The summed E-state index contributed by atoms with van der Waals surface area (Å²) in [5.74, 6) is -3.31. The number of carbonyl (C=O) groups is 5. The van der Waals surface area contributed by atoms with Gasteiger partial charge < -0.3 is 19.5 Å². The first kappa shape index (κ1) is 25.2. The van der Waals surface area contributed by atoms with E-state index in [0.29, 0.717) is 17.0 Å². The molecule has 1 heterocycles. The summed E-state index contributed by atoms with van der Waals surface area (Å²) in [6, 6.07) is 12.5. The van der Waals surface area contributed by atoms with Crippen LogP contribution in [0.2, 0.25) is 0 Å². The lowest BCUT2D eigenvalue weighted by molar-refractivity contribution is -0.151. The van der Waals surface area contributed by atoms with Gasteiger partial charge in [0, 0.05) is 12.1 Å². The number of nitrogens with one attached hydrogen (secondary N) is 2. The molecular weight excluding hydrogens is 458 g/mol. The van der Waals surface area contributed by atoms with Gasteiger partial charge in [-0.25, -0.2) is 4.79 Å². The van der Waals surface area contributed by atoms with Crippen molar-refractivity contribution in [2.75, 3.05) is 32.2 Å². The number of anilines is 1. The molecule has 0 saturated carbocycles. The Bertz CT molecular complexity index is 1120. The summed E-state index contributed by atoms with van der Waals surface area (Å²) >= 11 is 0. The molecule has 1 aliphatic rings. The first-order chi connectivity index (χ1) is 16.8. The van der Waals surface area contributed by atoms with Gasteiger partial charge in [0.1, 0.15) is 5.75 Å². The second-order valence-electron chi connectivity index (χ2n) is 7.50. The third kappa shape index (κ3) is 6.56. The standard InChI is InChI=1S/C24H25N3O8/c1-3-34-23(31)15-8-10-17(11-9-15)25-20(28)14-35-24(32)16-12-21(29)27(13-16)26-22(30)18-6-4-5-7-19(18)33-2/h4-11,16H,3,12-14H2,1-2H3,(H,25,28)(H,26,30)/t16-/m1/s1. The van der Waals surface area contributed by atoms with Crippen LogP contribution in [-0.4, -0.2) is 61.5 Å². The van der Waals surface area contributed by atoms with E-state index in [2.05, 4.69) is 10.7 Å². The van der Waals surface area contributed by atoms with Gasteiger partial charge in [-0.05, 0) is 43.3 Å². The summed E-state index contributed by atoms with van der Waals surface area (Å²) in [5.41, 5.74) is 3.44. The molecule has 11 nitrogen and oxygen atoms in total. The first-order valence-electron chi connectivity index (χ1n) is 10.8. The number of amides is 3. The molecule has 2 N–H and O–H groups in total. The van der Waals surface area contributed by atoms with Crippen LogP contribution in [-0.2, 0) is 23.9 Å². The van der Waals surface area contributed by atoms with Crippen molar-refractivity contribution in [2.24, 2.45) is 5.92 Å². The number of hydrazine groups is 1. The van der Waals surface area contributed by atoms with Gasteiger partial charge in [-0.15, -0.1) is 0 Å². The second kappa shape index (κ2) is 11.6. The topological polar surface area (TPSA) is 140 Å². The smallest absolute Gasteiger partial charge is 0.338 e. The van der Waals surface area contributed by atoms with Gasteiger partial charge >= 0.3 is 11.9 Å². The number of rotatable bonds is 9. The normalized spacial score (nSPS) is 14.7. The molecule has 0 aliphatic carbocycles. The molecule has 35 heavy (non-hydrogen) atoms. The molecule has 1 saturated heterocycles. The molecule has 0 aromatic heterocycles. The highest BCUT2D eigenvalue weighted by Crippen LogP contribution is 2.20. The predicted molar refractivity (Wildman–Crippen MR) is 122 cm³/mol. The zero-order valence-corrected chi connectivity index (χ0v) is 19.2. The van der Waals surface area contributed by atoms with Crippen molar-refractivity contribution in [2.45, 2.75) is 13.3 Å². The quantitative estimate of drug-likeness (QED) is 0.512. The predicted octanol–water partition coefficient (Wildman–Crippen LogP) is 1.55. The number of carbonyl (C=O) groups excluding carboxylic acids is 5. The molecule has 0 radical (unpaired) electrons. The summed E-state index contributed by atoms with van der Waals surface area (Å²) in [5, 5.41) is 3.59. The number of hydrogen-bond acceptors (Lipinski definition) is 8. The highest BCUT2D eigenvalue weighted by molar-refractivity contribution is 5.99. The Kier molecular flexibility index (Phi) is 8.38. The van der Waals surface area contributed by atoms with E-state index in [1.165, 1.54) is 31.4 Å². The molecule has 0 spiro atoms. The van der Waals surface area contributed by atoms with E-state index in [1.54, 1.807) is 31.2 Å². The minimum Gasteiger partial charge on any atom is -0.496 e. The maximum absolute atomic E-state index is 12.5. The summed E-state index contributed by atoms with van der Waals surface area (Å²) in [6.07, 6.45) is -0.165. The van der Waals surface area contributed by atoms with Gasteiger partial charge in [-0.1, -0.05) is 12.1 Å². The Morgan fingerprint density at radius 1 is 1.03 bits per heavy atom. The lowest BCUT2D eigenvalue weighted by Crippen LogP contribution is -2.43. The number of methoxy groups -OCH3 is 1. The molecule has 1 fully saturated rings. The van der Waals surface area contributed by atoms with E-state index in [9.17, 15) is 24.0 Å². The Morgan fingerprint density at radius 3 is 2.43 bits per heavy atom. The van der Waals surface area contributed by atoms with Crippen LogP contribution >= 0.6 is 0 Å². The van der Waals surface area contributed by atoms with Crippen LogP contribution < -0.4 is 15.5 Å². The number of nitrogens with zero attached hydrogens (tertiary/aromatic N) is 1. The second-order valence-corrected chi connectivity index (χ2v) is 7.50. The van der Waals surface area contributed by atoms with Crippen molar-refractivity contribution in [3.05, 3.63) is 59.7 Å². The fourth-order valence-electron chi connectivity index (χ4n) is 3.34. The van der Waals surface area contributed by atoms with Crippen molar-refractivity contribution >= 4 is 35.3 Å². The SMILES string of the molecule is CCOC(=O)c1ccc(NC(=O)COC(=O)[C@@H]2CC(=O)N(NC(=O)c3ccccc3OC)C2)cc1. The van der Waals surface area contributed by atoms with Gasteiger partial charge in [0.25, 0.3) is 11.8 Å². The van der Waals surface area contributed by atoms with Gasteiger partial charge in [0.05, 0.1) is 37.3 Å². The van der Waals surface area contributed by atoms with Gasteiger partial charge in [0.15, 0.2) is 6.61 Å². The van der Waals surface area contributed by atoms with Crippen LogP contribution in [0.4, 0.5) is 5.69 Å². The highest BCUT2D eigenvalue weighted by Gasteiger charge is 2.37. The average Bonchev–Trinajstić information content (AvgIpc) is 3.23. The lowest BCUT2D eigenvalue weighted by atomic mass is 10.1.